The molecule has 0 saturated carbocycles. The second-order valence-corrected chi connectivity index (χ2v) is 6.07. The second kappa shape index (κ2) is 7.01. The highest BCUT2D eigenvalue weighted by Gasteiger charge is 2.21. The first-order valence-electron chi connectivity index (χ1n) is 5.90. The van der Waals surface area contributed by atoms with Gasteiger partial charge in [-0.2, -0.15) is 0 Å². The SMILES string of the molecule is CC(CCS(C)=O)NC(=O)[C@@H]1CCCNC1. The Balaban J connectivity index is 2.23. The van der Waals surface area contributed by atoms with Crippen LogP contribution in [0.4, 0.5) is 0 Å². The van der Waals surface area contributed by atoms with Gasteiger partial charge in [-0.25, -0.2) is 0 Å². The normalized spacial score (nSPS) is 24.8. The smallest absolute Gasteiger partial charge is 0.224 e. The van der Waals surface area contributed by atoms with E-state index in [0.717, 1.165) is 32.4 Å². The van der Waals surface area contributed by atoms with E-state index in [9.17, 15) is 9.00 Å². The van der Waals surface area contributed by atoms with Crippen molar-refractivity contribution >= 4 is 16.7 Å². The number of amides is 1. The van der Waals surface area contributed by atoms with E-state index in [-0.39, 0.29) is 17.9 Å². The summed E-state index contributed by atoms with van der Waals surface area (Å²) in [6, 6.07) is 0.123. The highest BCUT2D eigenvalue weighted by molar-refractivity contribution is 7.84. The standard InChI is InChI=1S/C11H22N2O2S/c1-9(5-7-16(2)15)13-11(14)10-4-3-6-12-8-10/h9-10,12H,3-8H2,1-2H3,(H,13,14)/t9?,10-,16?/m1/s1. The maximum atomic E-state index is 11.8. The summed E-state index contributed by atoms with van der Waals surface area (Å²) >= 11 is 0. The third kappa shape index (κ3) is 5.07. The highest BCUT2D eigenvalue weighted by Crippen LogP contribution is 2.10. The van der Waals surface area contributed by atoms with Crippen molar-refractivity contribution in [3.8, 4) is 0 Å². The van der Waals surface area contributed by atoms with Crippen molar-refractivity contribution in [1.82, 2.24) is 10.6 Å². The van der Waals surface area contributed by atoms with Crippen LogP contribution in [0.1, 0.15) is 26.2 Å². The average molecular weight is 246 g/mol. The van der Waals surface area contributed by atoms with E-state index < -0.39 is 10.8 Å². The van der Waals surface area contributed by atoms with Gasteiger partial charge in [-0.1, -0.05) is 0 Å². The molecule has 2 unspecified atom stereocenters. The van der Waals surface area contributed by atoms with E-state index in [4.69, 9.17) is 0 Å². The van der Waals surface area contributed by atoms with Crippen molar-refractivity contribution in [3.63, 3.8) is 0 Å². The van der Waals surface area contributed by atoms with Crippen molar-refractivity contribution in [2.45, 2.75) is 32.2 Å². The lowest BCUT2D eigenvalue weighted by atomic mass is 9.98. The van der Waals surface area contributed by atoms with Crippen LogP contribution in [0.25, 0.3) is 0 Å². The van der Waals surface area contributed by atoms with E-state index in [1.54, 1.807) is 6.26 Å². The quantitative estimate of drug-likeness (QED) is 0.731. The number of rotatable bonds is 5. The lowest BCUT2D eigenvalue weighted by molar-refractivity contribution is -0.126. The van der Waals surface area contributed by atoms with Gasteiger partial charge in [0.25, 0.3) is 0 Å². The summed E-state index contributed by atoms with van der Waals surface area (Å²) in [4.78, 5) is 11.8. The molecule has 2 N–H and O–H groups in total. The molecule has 1 saturated heterocycles. The molecule has 94 valence electrons. The Morgan fingerprint density at radius 3 is 2.94 bits per heavy atom. The first kappa shape index (κ1) is 13.6. The van der Waals surface area contributed by atoms with Crippen LogP contribution in [-0.2, 0) is 15.6 Å². The molecule has 1 aliphatic rings. The van der Waals surface area contributed by atoms with E-state index in [0.29, 0.717) is 5.75 Å². The van der Waals surface area contributed by atoms with Crippen molar-refractivity contribution < 1.29 is 9.00 Å². The second-order valence-electron chi connectivity index (χ2n) is 4.52. The van der Waals surface area contributed by atoms with E-state index in [2.05, 4.69) is 10.6 Å². The summed E-state index contributed by atoms with van der Waals surface area (Å²) in [6.45, 7) is 3.79. The van der Waals surface area contributed by atoms with Crippen molar-refractivity contribution in [1.29, 1.82) is 0 Å². The minimum absolute atomic E-state index is 0.114. The zero-order valence-electron chi connectivity index (χ0n) is 10.1. The summed E-state index contributed by atoms with van der Waals surface area (Å²) in [7, 11) is -0.769. The minimum Gasteiger partial charge on any atom is -0.353 e. The van der Waals surface area contributed by atoms with Crippen molar-refractivity contribution in [3.05, 3.63) is 0 Å². The molecule has 0 aromatic rings. The number of piperidine rings is 1. The molecule has 0 aliphatic carbocycles. The van der Waals surface area contributed by atoms with Gasteiger partial charge in [0.15, 0.2) is 0 Å². The Hall–Kier alpha value is -0.420. The van der Waals surface area contributed by atoms with E-state index in [1.807, 2.05) is 6.92 Å². The minimum atomic E-state index is -0.769. The molecule has 5 heteroatoms. The molecule has 0 aromatic heterocycles. The Morgan fingerprint density at radius 1 is 1.62 bits per heavy atom. The van der Waals surface area contributed by atoms with Crippen LogP contribution >= 0.6 is 0 Å². The molecule has 0 radical (unpaired) electrons. The molecule has 1 amide bonds. The van der Waals surface area contributed by atoms with Gasteiger partial charge in [-0.3, -0.25) is 9.00 Å². The van der Waals surface area contributed by atoms with Gasteiger partial charge in [0.05, 0.1) is 5.92 Å². The van der Waals surface area contributed by atoms with Crippen molar-refractivity contribution in [2.24, 2.45) is 5.92 Å². The Morgan fingerprint density at radius 2 is 2.38 bits per heavy atom. The Labute approximate surface area is 100 Å². The molecule has 0 spiro atoms. The molecule has 0 aromatic carbocycles. The summed E-state index contributed by atoms with van der Waals surface area (Å²) in [5.74, 6) is 0.912. The number of carbonyl (C=O) groups is 1. The topological polar surface area (TPSA) is 58.2 Å². The van der Waals surface area contributed by atoms with Gasteiger partial charge in [-0.05, 0) is 32.7 Å². The molecular formula is C11H22N2O2S. The molecule has 1 aliphatic heterocycles. The van der Waals surface area contributed by atoms with Crippen LogP contribution < -0.4 is 10.6 Å². The lowest BCUT2D eigenvalue weighted by Crippen LogP contribution is -2.43. The maximum Gasteiger partial charge on any atom is 0.224 e. The molecule has 16 heavy (non-hydrogen) atoms. The number of hydrogen-bond donors (Lipinski definition) is 2. The van der Waals surface area contributed by atoms with Gasteiger partial charge >= 0.3 is 0 Å². The van der Waals surface area contributed by atoms with Crippen LogP contribution in [0, 0.1) is 5.92 Å². The third-order valence-electron chi connectivity index (χ3n) is 2.89. The van der Waals surface area contributed by atoms with Crippen molar-refractivity contribution in [2.75, 3.05) is 25.1 Å². The number of carbonyl (C=O) groups excluding carboxylic acids is 1. The molecule has 0 bridgehead atoms. The van der Waals surface area contributed by atoms with E-state index in [1.165, 1.54) is 0 Å². The van der Waals surface area contributed by atoms with E-state index >= 15 is 0 Å². The first-order chi connectivity index (χ1) is 7.59. The summed E-state index contributed by atoms with van der Waals surface area (Å²) < 4.78 is 10.9. The Kier molecular flexibility index (Phi) is 5.98. The summed E-state index contributed by atoms with van der Waals surface area (Å²) in [6.07, 6.45) is 4.53. The zero-order valence-corrected chi connectivity index (χ0v) is 10.9. The molecule has 3 atom stereocenters. The van der Waals surface area contributed by atoms with Crippen LogP contribution in [0.15, 0.2) is 0 Å². The monoisotopic (exact) mass is 246 g/mol. The summed E-state index contributed by atoms with van der Waals surface area (Å²) in [5.41, 5.74) is 0. The fraction of sp³-hybridized carbons (Fsp3) is 0.909. The largest absolute Gasteiger partial charge is 0.353 e. The highest BCUT2D eigenvalue weighted by atomic mass is 32.2. The lowest BCUT2D eigenvalue weighted by Gasteiger charge is -2.23. The van der Waals surface area contributed by atoms with Crippen LogP contribution in [-0.4, -0.2) is 41.3 Å². The van der Waals surface area contributed by atoms with Crippen LogP contribution in [0.3, 0.4) is 0 Å². The van der Waals surface area contributed by atoms with Gasteiger partial charge in [-0.15, -0.1) is 0 Å². The fourth-order valence-electron chi connectivity index (χ4n) is 1.85. The Bertz CT molecular complexity index is 252. The predicted octanol–water partition coefficient (Wildman–Crippen LogP) is 0.259. The zero-order chi connectivity index (χ0) is 12.0. The van der Waals surface area contributed by atoms with Gasteiger partial charge in [0.1, 0.15) is 0 Å². The average Bonchev–Trinajstić information content (AvgIpc) is 2.27. The molecule has 1 fully saturated rings. The number of hydrogen-bond acceptors (Lipinski definition) is 3. The van der Waals surface area contributed by atoms with Gasteiger partial charge in [0.2, 0.25) is 5.91 Å². The fourth-order valence-corrected chi connectivity index (χ4v) is 2.54. The van der Waals surface area contributed by atoms with Gasteiger partial charge in [0, 0.05) is 35.4 Å². The first-order valence-corrected chi connectivity index (χ1v) is 7.63. The number of nitrogens with one attached hydrogen (secondary N) is 2. The molecule has 1 rings (SSSR count). The molecular weight excluding hydrogens is 224 g/mol. The summed E-state index contributed by atoms with van der Waals surface area (Å²) in [5, 5.41) is 6.22. The van der Waals surface area contributed by atoms with Gasteiger partial charge < -0.3 is 10.6 Å². The predicted molar refractivity (Wildman–Crippen MR) is 66.7 cm³/mol. The van der Waals surface area contributed by atoms with Crippen LogP contribution in [0.2, 0.25) is 0 Å². The molecule has 1 heterocycles. The molecule has 4 nitrogen and oxygen atoms in total. The van der Waals surface area contributed by atoms with Crippen LogP contribution in [0.5, 0.6) is 0 Å². The third-order valence-corrected chi connectivity index (χ3v) is 3.71. The maximum absolute atomic E-state index is 11.8.